The lowest BCUT2D eigenvalue weighted by Crippen LogP contribution is -2.45. The normalized spacial score (nSPS) is 17.4. The van der Waals surface area contributed by atoms with Crippen LogP contribution < -0.4 is 19.1 Å². The molecule has 0 fully saturated rings. The number of carbonyl (C=O) groups is 1. The smallest absolute Gasteiger partial charge is 0.241 e. The van der Waals surface area contributed by atoms with Crippen LogP contribution >= 0.6 is 0 Å². The number of para-hydroxylation sites is 2. The zero-order valence-electron chi connectivity index (χ0n) is 17.9. The molecule has 0 aromatic heterocycles. The summed E-state index contributed by atoms with van der Waals surface area (Å²) in [5.41, 5.74) is 1.81. The SMILES string of the molecule is COc1ccccc1N(CC(=O)N[C@H]1CC(C)(C)Oc2cc(C)ccc21)S(C)(=O)=O. The van der Waals surface area contributed by atoms with Gasteiger partial charge in [-0.25, -0.2) is 8.42 Å². The molecule has 0 unspecified atom stereocenters. The third-order valence-corrected chi connectivity index (χ3v) is 6.13. The molecule has 1 atom stereocenters. The van der Waals surface area contributed by atoms with Gasteiger partial charge in [-0.1, -0.05) is 24.3 Å². The van der Waals surface area contributed by atoms with Crippen molar-refractivity contribution >= 4 is 21.6 Å². The monoisotopic (exact) mass is 432 g/mol. The van der Waals surface area contributed by atoms with Gasteiger partial charge in [0, 0.05) is 12.0 Å². The third-order valence-electron chi connectivity index (χ3n) is 5.00. The van der Waals surface area contributed by atoms with Crippen LogP contribution in [-0.4, -0.2) is 39.8 Å². The Hall–Kier alpha value is -2.74. The summed E-state index contributed by atoms with van der Waals surface area (Å²) >= 11 is 0. The molecule has 1 aliphatic heterocycles. The summed E-state index contributed by atoms with van der Waals surface area (Å²) in [4.78, 5) is 12.9. The Balaban J connectivity index is 1.86. The van der Waals surface area contributed by atoms with Crippen molar-refractivity contribution in [1.82, 2.24) is 5.32 Å². The first-order valence-corrected chi connectivity index (χ1v) is 11.5. The molecule has 8 heteroatoms. The van der Waals surface area contributed by atoms with Crippen molar-refractivity contribution in [3.63, 3.8) is 0 Å². The Bertz CT molecular complexity index is 1050. The van der Waals surface area contributed by atoms with E-state index in [9.17, 15) is 13.2 Å². The molecule has 162 valence electrons. The van der Waals surface area contributed by atoms with E-state index >= 15 is 0 Å². The highest BCUT2D eigenvalue weighted by atomic mass is 32.2. The molecule has 7 nitrogen and oxygen atoms in total. The maximum absolute atomic E-state index is 12.9. The summed E-state index contributed by atoms with van der Waals surface area (Å²) in [5.74, 6) is 0.713. The Labute approximate surface area is 178 Å². The van der Waals surface area contributed by atoms with Crippen LogP contribution in [0.2, 0.25) is 0 Å². The summed E-state index contributed by atoms with van der Waals surface area (Å²) in [6, 6.07) is 12.3. The van der Waals surface area contributed by atoms with Crippen LogP contribution in [0.4, 0.5) is 5.69 Å². The van der Waals surface area contributed by atoms with Crippen molar-refractivity contribution in [3.05, 3.63) is 53.6 Å². The highest BCUT2D eigenvalue weighted by Gasteiger charge is 2.35. The number of amides is 1. The zero-order valence-corrected chi connectivity index (χ0v) is 18.7. The van der Waals surface area contributed by atoms with E-state index in [0.717, 1.165) is 27.4 Å². The Morgan fingerprint density at radius 1 is 1.27 bits per heavy atom. The molecule has 0 spiro atoms. The number of methoxy groups -OCH3 is 1. The van der Waals surface area contributed by atoms with E-state index in [1.54, 1.807) is 24.3 Å². The van der Waals surface area contributed by atoms with E-state index in [4.69, 9.17) is 9.47 Å². The predicted octanol–water partition coefficient (Wildman–Crippen LogP) is 3.19. The molecule has 0 saturated heterocycles. The van der Waals surface area contributed by atoms with Gasteiger partial charge < -0.3 is 14.8 Å². The van der Waals surface area contributed by atoms with Crippen LogP contribution in [0.5, 0.6) is 11.5 Å². The largest absolute Gasteiger partial charge is 0.495 e. The van der Waals surface area contributed by atoms with E-state index in [1.807, 2.05) is 39.0 Å². The Morgan fingerprint density at radius 3 is 2.63 bits per heavy atom. The minimum Gasteiger partial charge on any atom is -0.495 e. The summed E-state index contributed by atoms with van der Waals surface area (Å²) in [6.07, 6.45) is 1.64. The van der Waals surface area contributed by atoms with Crippen LogP contribution in [-0.2, 0) is 14.8 Å². The first-order chi connectivity index (χ1) is 14.0. The first kappa shape index (κ1) is 22.0. The van der Waals surface area contributed by atoms with E-state index in [0.29, 0.717) is 17.9 Å². The molecule has 2 aromatic rings. The van der Waals surface area contributed by atoms with E-state index in [1.165, 1.54) is 7.11 Å². The average Bonchev–Trinajstić information content (AvgIpc) is 2.64. The number of ether oxygens (including phenoxy) is 2. The number of hydrogen-bond acceptors (Lipinski definition) is 5. The first-order valence-electron chi connectivity index (χ1n) is 9.70. The van der Waals surface area contributed by atoms with E-state index < -0.39 is 21.5 Å². The summed E-state index contributed by atoms with van der Waals surface area (Å²) < 4.78 is 37.3. The van der Waals surface area contributed by atoms with Crippen LogP contribution in [0.1, 0.15) is 37.4 Å². The number of carbonyl (C=O) groups excluding carboxylic acids is 1. The molecule has 3 rings (SSSR count). The van der Waals surface area contributed by atoms with Gasteiger partial charge in [-0.3, -0.25) is 9.10 Å². The fraction of sp³-hybridized carbons (Fsp3) is 0.409. The van der Waals surface area contributed by atoms with Crippen LogP contribution in [0.15, 0.2) is 42.5 Å². The van der Waals surface area contributed by atoms with E-state index in [-0.39, 0.29) is 12.6 Å². The number of fused-ring (bicyclic) bond motifs is 1. The summed E-state index contributed by atoms with van der Waals surface area (Å²) in [7, 11) is -2.25. The molecule has 1 aliphatic rings. The Morgan fingerprint density at radius 2 is 1.97 bits per heavy atom. The zero-order chi connectivity index (χ0) is 22.1. The number of anilines is 1. The fourth-order valence-electron chi connectivity index (χ4n) is 3.67. The number of nitrogens with one attached hydrogen (secondary N) is 1. The second-order valence-electron chi connectivity index (χ2n) is 8.17. The maximum Gasteiger partial charge on any atom is 0.241 e. The van der Waals surface area contributed by atoms with Gasteiger partial charge in [-0.05, 0) is 44.5 Å². The molecule has 1 N–H and O–H groups in total. The second-order valence-corrected chi connectivity index (χ2v) is 10.1. The van der Waals surface area contributed by atoms with Crippen molar-refractivity contribution in [2.75, 3.05) is 24.2 Å². The molecular weight excluding hydrogens is 404 g/mol. The lowest BCUT2D eigenvalue weighted by atomic mass is 9.89. The highest BCUT2D eigenvalue weighted by Crippen LogP contribution is 2.40. The Kier molecular flexibility index (Phi) is 5.99. The number of hydrogen-bond donors (Lipinski definition) is 1. The van der Waals surface area contributed by atoms with Gasteiger partial charge in [0.1, 0.15) is 23.6 Å². The average molecular weight is 433 g/mol. The van der Waals surface area contributed by atoms with Gasteiger partial charge in [0.2, 0.25) is 15.9 Å². The molecule has 2 aromatic carbocycles. The number of aryl methyl sites for hydroxylation is 1. The predicted molar refractivity (Wildman–Crippen MR) is 117 cm³/mol. The topological polar surface area (TPSA) is 84.9 Å². The van der Waals surface area contributed by atoms with Crippen LogP contribution in [0.3, 0.4) is 0 Å². The van der Waals surface area contributed by atoms with Crippen molar-refractivity contribution in [3.8, 4) is 11.5 Å². The molecule has 30 heavy (non-hydrogen) atoms. The van der Waals surface area contributed by atoms with Gasteiger partial charge in [0.05, 0.1) is 25.1 Å². The molecule has 0 aliphatic carbocycles. The summed E-state index contributed by atoms with van der Waals surface area (Å²) in [5, 5.41) is 2.99. The maximum atomic E-state index is 12.9. The number of benzene rings is 2. The molecule has 0 radical (unpaired) electrons. The minimum absolute atomic E-state index is 0.282. The van der Waals surface area contributed by atoms with Gasteiger partial charge in [0.25, 0.3) is 0 Å². The van der Waals surface area contributed by atoms with Crippen molar-refractivity contribution in [1.29, 1.82) is 0 Å². The van der Waals surface area contributed by atoms with Gasteiger partial charge in [-0.15, -0.1) is 0 Å². The molecule has 1 heterocycles. The molecule has 1 amide bonds. The molecular formula is C22H28N2O5S. The number of sulfonamides is 1. The highest BCUT2D eigenvalue weighted by molar-refractivity contribution is 7.92. The van der Waals surface area contributed by atoms with E-state index in [2.05, 4.69) is 5.32 Å². The van der Waals surface area contributed by atoms with Crippen LogP contribution in [0.25, 0.3) is 0 Å². The summed E-state index contributed by atoms with van der Waals surface area (Å²) in [6.45, 7) is 5.57. The third kappa shape index (κ3) is 4.87. The van der Waals surface area contributed by atoms with Crippen molar-refractivity contribution in [2.24, 2.45) is 0 Å². The van der Waals surface area contributed by atoms with Gasteiger partial charge in [-0.2, -0.15) is 0 Å². The molecule has 0 bridgehead atoms. The second kappa shape index (κ2) is 8.18. The number of rotatable bonds is 6. The molecule has 0 saturated carbocycles. The van der Waals surface area contributed by atoms with Crippen molar-refractivity contribution < 1.29 is 22.7 Å². The van der Waals surface area contributed by atoms with Crippen molar-refractivity contribution in [2.45, 2.75) is 38.8 Å². The number of nitrogens with zero attached hydrogens (tertiary/aromatic N) is 1. The fourth-order valence-corrected chi connectivity index (χ4v) is 4.53. The standard InChI is InChI=1S/C22H28N2O5S/c1-15-10-11-16-17(13-22(2,3)29-20(16)12-15)23-21(25)14-24(30(5,26)27)18-8-6-7-9-19(18)28-4/h6-12,17H,13-14H2,1-5H3,(H,23,25)/t17-/m0/s1. The lowest BCUT2D eigenvalue weighted by Gasteiger charge is -2.38. The minimum atomic E-state index is -3.71. The van der Waals surface area contributed by atoms with Crippen LogP contribution in [0, 0.1) is 6.92 Å². The van der Waals surface area contributed by atoms with Gasteiger partial charge in [0.15, 0.2) is 0 Å². The van der Waals surface area contributed by atoms with Gasteiger partial charge >= 0.3 is 0 Å². The lowest BCUT2D eigenvalue weighted by molar-refractivity contribution is -0.120. The quantitative estimate of drug-likeness (QED) is 0.758.